The molecule has 1 rings (SSSR count). The average Bonchev–Trinajstić information content (AvgIpc) is 2.69. The summed E-state index contributed by atoms with van der Waals surface area (Å²) in [6.07, 6.45) is 6.70. The summed E-state index contributed by atoms with van der Waals surface area (Å²) in [4.78, 5) is 0. The molecule has 0 bridgehead atoms. The summed E-state index contributed by atoms with van der Waals surface area (Å²) >= 11 is 0. The van der Waals surface area contributed by atoms with Crippen LogP contribution in [0.5, 0.6) is 0 Å². The quantitative estimate of drug-likeness (QED) is 0.698. The van der Waals surface area contributed by atoms with Crippen LogP contribution in [0.1, 0.15) is 52.4 Å². The van der Waals surface area contributed by atoms with Crippen LogP contribution in [0.15, 0.2) is 11.3 Å². The maximum absolute atomic E-state index is 8.98. The Morgan fingerprint density at radius 1 is 1.36 bits per heavy atom. The molecule has 14 heavy (non-hydrogen) atoms. The molecule has 1 aliphatic rings. The summed E-state index contributed by atoms with van der Waals surface area (Å²) in [5.41, 5.74) is 7.98. The SMILES string of the molecule is CC/C(C#N)=C(\N)C1(CC)CCCC1. The number of hydrogen-bond donors (Lipinski definition) is 1. The first-order valence-electron chi connectivity index (χ1n) is 5.59. The Kier molecular flexibility index (Phi) is 3.57. The summed E-state index contributed by atoms with van der Waals surface area (Å²) < 4.78 is 0. The van der Waals surface area contributed by atoms with E-state index in [9.17, 15) is 0 Å². The summed E-state index contributed by atoms with van der Waals surface area (Å²) in [5, 5.41) is 8.98. The van der Waals surface area contributed by atoms with Gasteiger partial charge in [-0.2, -0.15) is 5.26 Å². The van der Waals surface area contributed by atoms with Crippen molar-refractivity contribution >= 4 is 0 Å². The van der Waals surface area contributed by atoms with E-state index >= 15 is 0 Å². The molecule has 2 heteroatoms. The molecule has 0 aliphatic heterocycles. The minimum Gasteiger partial charge on any atom is -0.401 e. The zero-order valence-electron chi connectivity index (χ0n) is 9.27. The summed E-state index contributed by atoms with van der Waals surface area (Å²) in [7, 11) is 0. The summed E-state index contributed by atoms with van der Waals surface area (Å²) in [5.74, 6) is 0. The largest absolute Gasteiger partial charge is 0.401 e. The maximum Gasteiger partial charge on any atom is 0.0965 e. The average molecular weight is 192 g/mol. The number of hydrogen-bond acceptors (Lipinski definition) is 2. The second-order valence-electron chi connectivity index (χ2n) is 4.20. The number of nitrogens with two attached hydrogens (primary N) is 1. The predicted octanol–water partition coefficient (Wildman–Crippen LogP) is 3.10. The molecule has 0 spiro atoms. The van der Waals surface area contributed by atoms with E-state index in [4.69, 9.17) is 11.0 Å². The molecule has 0 unspecified atom stereocenters. The van der Waals surface area contributed by atoms with Crippen LogP contribution in [0.2, 0.25) is 0 Å². The predicted molar refractivity (Wildman–Crippen MR) is 58.3 cm³/mol. The highest BCUT2D eigenvalue weighted by Gasteiger charge is 2.35. The molecule has 1 fully saturated rings. The molecule has 2 nitrogen and oxygen atoms in total. The smallest absolute Gasteiger partial charge is 0.0965 e. The molecular weight excluding hydrogens is 172 g/mol. The van der Waals surface area contributed by atoms with Crippen LogP contribution in [-0.2, 0) is 0 Å². The highest BCUT2D eigenvalue weighted by molar-refractivity contribution is 5.30. The first-order valence-corrected chi connectivity index (χ1v) is 5.59. The van der Waals surface area contributed by atoms with Gasteiger partial charge in [-0.3, -0.25) is 0 Å². The van der Waals surface area contributed by atoms with Gasteiger partial charge in [0.05, 0.1) is 6.07 Å². The van der Waals surface area contributed by atoms with Crippen molar-refractivity contribution in [2.75, 3.05) is 0 Å². The first-order chi connectivity index (χ1) is 6.70. The normalized spacial score (nSPS) is 21.5. The molecule has 1 aliphatic carbocycles. The van der Waals surface area contributed by atoms with Gasteiger partial charge in [-0.05, 0) is 25.7 Å². The fourth-order valence-corrected chi connectivity index (χ4v) is 2.51. The van der Waals surface area contributed by atoms with Gasteiger partial charge >= 0.3 is 0 Å². The van der Waals surface area contributed by atoms with Crippen LogP contribution in [0.25, 0.3) is 0 Å². The van der Waals surface area contributed by atoms with Crippen molar-refractivity contribution in [1.82, 2.24) is 0 Å². The van der Waals surface area contributed by atoms with Gasteiger partial charge < -0.3 is 5.73 Å². The van der Waals surface area contributed by atoms with Gasteiger partial charge in [-0.25, -0.2) is 0 Å². The van der Waals surface area contributed by atoms with Gasteiger partial charge in [0.15, 0.2) is 0 Å². The fourth-order valence-electron chi connectivity index (χ4n) is 2.51. The second kappa shape index (κ2) is 4.50. The molecule has 0 aromatic carbocycles. The van der Waals surface area contributed by atoms with Crippen molar-refractivity contribution in [3.8, 4) is 6.07 Å². The van der Waals surface area contributed by atoms with Crippen molar-refractivity contribution in [3.05, 3.63) is 11.3 Å². The topological polar surface area (TPSA) is 49.8 Å². The molecule has 0 saturated heterocycles. The molecule has 0 aromatic rings. The standard InChI is InChI=1S/C12H20N2/c1-3-10(9-13)11(14)12(4-2)7-5-6-8-12/h3-8,14H2,1-2H3/b11-10+. The minimum absolute atomic E-state index is 0.154. The zero-order valence-corrected chi connectivity index (χ0v) is 9.27. The highest BCUT2D eigenvalue weighted by Crippen LogP contribution is 2.46. The van der Waals surface area contributed by atoms with Crippen LogP contribution in [-0.4, -0.2) is 0 Å². The molecule has 0 atom stereocenters. The Balaban J connectivity index is 3.00. The fraction of sp³-hybridized carbons (Fsp3) is 0.750. The third kappa shape index (κ3) is 1.77. The Morgan fingerprint density at radius 2 is 1.93 bits per heavy atom. The van der Waals surface area contributed by atoms with Crippen molar-refractivity contribution in [2.24, 2.45) is 11.1 Å². The molecule has 0 radical (unpaired) electrons. The lowest BCUT2D eigenvalue weighted by Crippen LogP contribution is -2.25. The first kappa shape index (κ1) is 11.1. The Morgan fingerprint density at radius 3 is 2.29 bits per heavy atom. The lowest BCUT2D eigenvalue weighted by atomic mass is 9.78. The molecule has 2 N–H and O–H groups in total. The number of rotatable bonds is 3. The van der Waals surface area contributed by atoms with Gasteiger partial charge in [0.1, 0.15) is 0 Å². The van der Waals surface area contributed by atoms with E-state index in [1.807, 2.05) is 6.92 Å². The third-order valence-corrected chi connectivity index (χ3v) is 3.62. The number of allylic oxidation sites excluding steroid dienone is 2. The lowest BCUT2D eigenvalue weighted by molar-refractivity contribution is 0.346. The van der Waals surface area contributed by atoms with Gasteiger partial charge in [-0.15, -0.1) is 0 Å². The summed E-state index contributed by atoms with van der Waals surface area (Å²) in [6.45, 7) is 4.19. The monoisotopic (exact) mass is 192 g/mol. The van der Waals surface area contributed by atoms with Crippen LogP contribution in [0, 0.1) is 16.7 Å². The maximum atomic E-state index is 8.98. The zero-order chi connectivity index (χ0) is 10.6. The van der Waals surface area contributed by atoms with Crippen LogP contribution in [0.3, 0.4) is 0 Å². The van der Waals surface area contributed by atoms with E-state index in [2.05, 4.69) is 13.0 Å². The van der Waals surface area contributed by atoms with Crippen LogP contribution >= 0.6 is 0 Å². The number of nitrogens with zero attached hydrogens (tertiary/aromatic N) is 1. The molecule has 78 valence electrons. The minimum atomic E-state index is 0.154. The van der Waals surface area contributed by atoms with Crippen LogP contribution < -0.4 is 5.73 Å². The van der Waals surface area contributed by atoms with E-state index < -0.39 is 0 Å². The van der Waals surface area contributed by atoms with E-state index in [0.29, 0.717) is 0 Å². The van der Waals surface area contributed by atoms with Gasteiger partial charge in [0.2, 0.25) is 0 Å². The van der Waals surface area contributed by atoms with Crippen molar-refractivity contribution in [1.29, 1.82) is 5.26 Å². The Bertz CT molecular complexity index is 265. The number of nitriles is 1. The van der Waals surface area contributed by atoms with Crippen molar-refractivity contribution < 1.29 is 0 Å². The van der Waals surface area contributed by atoms with Gasteiger partial charge in [0, 0.05) is 16.7 Å². The molecule has 1 saturated carbocycles. The Labute approximate surface area is 86.8 Å². The highest BCUT2D eigenvalue weighted by atomic mass is 14.7. The van der Waals surface area contributed by atoms with E-state index in [1.54, 1.807) is 0 Å². The molecule has 0 aromatic heterocycles. The Hall–Kier alpha value is -0.970. The van der Waals surface area contributed by atoms with E-state index in [1.165, 1.54) is 25.7 Å². The van der Waals surface area contributed by atoms with Gasteiger partial charge in [0.25, 0.3) is 0 Å². The van der Waals surface area contributed by atoms with E-state index in [0.717, 1.165) is 24.1 Å². The molecular formula is C12H20N2. The van der Waals surface area contributed by atoms with Crippen molar-refractivity contribution in [3.63, 3.8) is 0 Å². The van der Waals surface area contributed by atoms with E-state index in [-0.39, 0.29) is 5.41 Å². The van der Waals surface area contributed by atoms with Gasteiger partial charge in [-0.1, -0.05) is 26.7 Å². The van der Waals surface area contributed by atoms with Crippen molar-refractivity contribution in [2.45, 2.75) is 52.4 Å². The second-order valence-corrected chi connectivity index (χ2v) is 4.20. The third-order valence-electron chi connectivity index (χ3n) is 3.62. The van der Waals surface area contributed by atoms with Crippen LogP contribution in [0.4, 0.5) is 0 Å². The lowest BCUT2D eigenvalue weighted by Gasteiger charge is -2.29. The molecule has 0 heterocycles. The summed E-state index contributed by atoms with van der Waals surface area (Å²) in [6, 6.07) is 2.24. The molecule has 0 amide bonds.